The van der Waals surface area contributed by atoms with Crippen LogP contribution in [0.2, 0.25) is 0 Å². The van der Waals surface area contributed by atoms with Gasteiger partial charge >= 0.3 is 6.03 Å². The average molecular weight is 735 g/mol. The minimum absolute atomic E-state index is 0.157. The Balaban J connectivity index is 0.949. The lowest BCUT2D eigenvalue weighted by molar-refractivity contribution is 0.149. The van der Waals surface area contributed by atoms with Crippen molar-refractivity contribution in [1.82, 2.24) is 49.3 Å². The van der Waals surface area contributed by atoms with Gasteiger partial charge in [0.1, 0.15) is 23.4 Å². The van der Waals surface area contributed by atoms with Gasteiger partial charge in [0.2, 0.25) is 5.95 Å². The molecule has 0 saturated carbocycles. The average Bonchev–Trinajstić information content (AvgIpc) is 3.91. The number of amides is 2. The fourth-order valence-corrected chi connectivity index (χ4v) is 8.29. The van der Waals surface area contributed by atoms with E-state index in [1.54, 1.807) is 4.68 Å². The summed E-state index contributed by atoms with van der Waals surface area (Å²) in [4.78, 5) is 20.9. The topological polar surface area (TPSA) is 126 Å². The molecule has 14 nitrogen and oxygen atoms in total. The molecule has 14 heteroatoms. The summed E-state index contributed by atoms with van der Waals surface area (Å²) in [6, 6.07) is 14.5. The third-order valence-corrected chi connectivity index (χ3v) is 11.5. The van der Waals surface area contributed by atoms with Gasteiger partial charge in [0, 0.05) is 50.9 Å². The van der Waals surface area contributed by atoms with Crippen molar-refractivity contribution in [3.05, 3.63) is 77.9 Å². The number of piperidine rings is 1. The molecule has 4 atom stereocenters. The van der Waals surface area contributed by atoms with Gasteiger partial charge in [0.05, 0.1) is 36.9 Å². The molecule has 2 aliphatic heterocycles. The number of rotatable bonds is 10. The second-order valence-electron chi connectivity index (χ2n) is 15.7. The number of ether oxygens (including phenoxy) is 1. The van der Waals surface area contributed by atoms with Gasteiger partial charge in [-0.15, -0.1) is 10.2 Å². The summed E-state index contributed by atoms with van der Waals surface area (Å²) in [7, 11) is 2.17. The molecular formula is C40H54N12O2. The summed E-state index contributed by atoms with van der Waals surface area (Å²) in [6.07, 6.45) is 10.7. The Kier molecular flexibility index (Phi) is 10.3. The first-order valence-electron chi connectivity index (χ1n) is 19.7. The van der Waals surface area contributed by atoms with E-state index in [1.165, 1.54) is 6.42 Å². The second-order valence-corrected chi connectivity index (χ2v) is 15.7. The summed E-state index contributed by atoms with van der Waals surface area (Å²) >= 11 is 0. The van der Waals surface area contributed by atoms with Gasteiger partial charge in [-0.05, 0) is 82.2 Å². The van der Waals surface area contributed by atoms with Crippen LogP contribution in [0.1, 0.15) is 94.7 Å². The van der Waals surface area contributed by atoms with Crippen LogP contribution in [-0.2, 0) is 6.54 Å². The first-order chi connectivity index (χ1) is 26.2. The fourth-order valence-electron chi connectivity index (χ4n) is 8.29. The number of nitrogens with zero attached hydrogens (tertiary/aromatic N) is 10. The number of benzene rings is 1. The molecule has 1 aromatic carbocycles. The Bertz CT molecular complexity index is 2050. The normalized spacial score (nSPS) is 22.4. The first-order valence-corrected chi connectivity index (χ1v) is 19.7. The molecule has 0 radical (unpaired) electrons. The lowest BCUT2D eigenvalue weighted by Gasteiger charge is -2.39. The predicted octanol–water partition coefficient (Wildman–Crippen LogP) is 6.03. The highest BCUT2D eigenvalue weighted by molar-refractivity contribution is 5.89. The van der Waals surface area contributed by atoms with E-state index in [0.29, 0.717) is 17.9 Å². The molecule has 0 unspecified atom stereocenters. The zero-order chi connectivity index (χ0) is 37.3. The van der Waals surface area contributed by atoms with E-state index < -0.39 is 0 Å². The molecule has 5 aromatic rings. The maximum atomic E-state index is 13.7. The minimum atomic E-state index is -0.278. The molecule has 2 N–H and O–H groups in total. The fraction of sp³-hybridized carbons (Fsp3) is 0.525. The minimum Gasteiger partial charge on any atom is -0.484 e. The van der Waals surface area contributed by atoms with E-state index in [-0.39, 0.29) is 24.1 Å². The summed E-state index contributed by atoms with van der Waals surface area (Å²) in [5.41, 5.74) is 4.65. The Hall–Kier alpha value is -4.95. The Morgan fingerprint density at radius 2 is 1.70 bits per heavy atom. The van der Waals surface area contributed by atoms with Crippen molar-refractivity contribution in [2.75, 3.05) is 50.0 Å². The molecule has 3 aliphatic rings. The van der Waals surface area contributed by atoms with Crippen LogP contribution in [0, 0.1) is 0 Å². The van der Waals surface area contributed by atoms with Crippen molar-refractivity contribution in [2.45, 2.75) is 96.5 Å². The number of carbonyl (C=O) groups is 1. The van der Waals surface area contributed by atoms with Crippen LogP contribution in [0.4, 0.5) is 16.6 Å². The van der Waals surface area contributed by atoms with Crippen molar-refractivity contribution >= 4 is 23.4 Å². The molecule has 0 bridgehead atoms. The van der Waals surface area contributed by atoms with Crippen LogP contribution >= 0.6 is 0 Å². The van der Waals surface area contributed by atoms with Gasteiger partial charge in [-0.25, -0.2) is 9.48 Å². The van der Waals surface area contributed by atoms with E-state index in [1.807, 2.05) is 53.6 Å². The maximum Gasteiger partial charge on any atom is 0.320 e. The van der Waals surface area contributed by atoms with Crippen LogP contribution < -0.4 is 20.3 Å². The predicted molar refractivity (Wildman–Crippen MR) is 210 cm³/mol. The maximum absolute atomic E-state index is 13.7. The lowest BCUT2D eigenvalue weighted by atomic mass is 9.85. The van der Waals surface area contributed by atoms with Crippen LogP contribution in [-0.4, -0.2) is 102 Å². The monoisotopic (exact) mass is 734 g/mol. The highest BCUT2D eigenvalue weighted by atomic mass is 16.5. The summed E-state index contributed by atoms with van der Waals surface area (Å²) in [6.45, 7) is 14.8. The van der Waals surface area contributed by atoms with Gasteiger partial charge < -0.3 is 19.9 Å². The van der Waals surface area contributed by atoms with Gasteiger partial charge in [-0.3, -0.25) is 19.3 Å². The van der Waals surface area contributed by atoms with Crippen LogP contribution in [0.5, 0.6) is 5.75 Å². The van der Waals surface area contributed by atoms with Crippen LogP contribution in [0.25, 0.3) is 11.3 Å². The van der Waals surface area contributed by atoms with E-state index in [2.05, 4.69) is 91.9 Å². The molecule has 8 rings (SSSR count). The number of fused-ring (bicyclic) bond motifs is 2. The van der Waals surface area contributed by atoms with Gasteiger partial charge in [-0.1, -0.05) is 38.1 Å². The van der Waals surface area contributed by atoms with Crippen molar-refractivity contribution in [3.8, 4) is 11.4 Å². The van der Waals surface area contributed by atoms with Gasteiger partial charge in [0.25, 0.3) is 0 Å². The molecule has 2 amide bonds. The number of urea groups is 1. The number of nitrogens with one attached hydrogen (secondary N) is 2. The number of carbonyl (C=O) groups excluding carboxylic acids is 1. The molecule has 1 aliphatic carbocycles. The smallest absolute Gasteiger partial charge is 0.320 e. The largest absolute Gasteiger partial charge is 0.484 e. The van der Waals surface area contributed by atoms with Crippen LogP contribution in [0.3, 0.4) is 0 Å². The van der Waals surface area contributed by atoms with Gasteiger partial charge in [-0.2, -0.15) is 10.2 Å². The van der Waals surface area contributed by atoms with Crippen molar-refractivity contribution in [2.24, 2.45) is 0 Å². The Morgan fingerprint density at radius 1 is 0.926 bits per heavy atom. The molecule has 2 fully saturated rings. The number of piperazine rings is 1. The Labute approximate surface area is 317 Å². The zero-order valence-electron chi connectivity index (χ0n) is 32.2. The highest BCUT2D eigenvalue weighted by Gasteiger charge is 2.31. The third-order valence-electron chi connectivity index (χ3n) is 11.5. The number of aromatic nitrogens is 7. The quantitative estimate of drug-likeness (QED) is 0.177. The van der Waals surface area contributed by atoms with E-state index in [0.717, 1.165) is 105 Å². The number of likely N-dealkylation sites (N-methyl/N-ethyl adjacent to an activating group) is 1. The van der Waals surface area contributed by atoms with Crippen molar-refractivity contribution < 1.29 is 9.53 Å². The summed E-state index contributed by atoms with van der Waals surface area (Å²) in [5.74, 6) is 2.43. The summed E-state index contributed by atoms with van der Waals surface area (Å²) < 4.78 is 12.5. The van der Waals surface area contributed by atoms with Crippen molar-refractivity contribution in [3.63, 3.8) is 0 Å². The van der Waals surface area contributed by atoms with E-state index >= 15 is 0 Å². The first kappa shape index (κ1) is 36.0. The molecular weight excluding hydrogens is 681 g/mol. The Morgan fingerprint density at radius 3 is 2.48 bits per heavy atom. The SMILES string of the molecule is CC(C)c1cc(NC(=O)N[C@H]2CC[C@@H](Oc3ccc4nnc(N5[C@H](C)CCC[C@@H]5C)n4c3)c3ccccc32)n(-c2cnn(CCN3CCN(C)CC3)c2)n1. The number of hydrogen-bond donors (Lipinski definition) is 2. The molecule has 2 saturated heterocycles. The zero-order valence-corrected chi connectivity index (χ0v) is 32.2. The standard InChI is InChI=1S/C40H54N12O2/c1-27(2)35-23-38(52(46-35)30-24-41-49(25-30)22-21-48-19-17-47(5)18-20-48)43-39(53)42-34-14-15-36(33-12-7-6-11-32(33)34)54-31-13-16-37-44-45-40(50(37)26-31)51-28(3)9-8-10-29(51)4/h6-7,11-13,16,23-29,34,36H,8-10,14-15,17-22H2,1-5H3,(H2,42,43,53)/t28-,29+,34-,36+/m0/s1. The molecule has 0 spiro atoms. The number of pyridine rings is 1. The van der Waals surface area contributed by atoms with Crippen molar-refractivity contribution in [1.29, 1.82) is 0 Å². The molecule has 4 aromatic heterocycles. The van der Waals surface area contributed by atoms with E-state index in [9.17, 15) is 4.79 Å². The molecule has 286 valence electrons. The number of hydrogen-bond acceptors (Lipinski definition) is 9. The number of anilines is 2. The van der Waals surface area contributed by atoms with E-state index in [4.69, 9.17) is 9.84 Å². The second kappa shape index (κ2) is 15.4. The molecule has 54 heavy (non-hydrogen) atoms. The van der Waals surface area contributed by atoms with Crippen LogP contribution in [0.15, 0.2) is 61.1 Å². The highest BCUT2D eigenvalue weighted by Crippen LogP contribution is 2.39. The molecule has 6 heterocycles. The third kappa shape index (κ3) is 7.54. The lowest BCUT2D eigenvalue weighted by Crippen LogP contribution is -2.45. The summed E-state index contributed by atoms with van der Waals surface area (Å²) in [5, 5.41) is 24.9. The van der Waals surface area contributed by atoms with Gasteiger partial charge in [0.15, 0.2) is 5.65 Å².